The van der Waals surface area contributed by atoms with Crippen molar-refractivity contribution in [3.8, 4) is 0 Å². The largest absolute Gasteiger partial charge is 0.462 e. The number of anilines is 1. The lowest BCUT2D eigenvalue weighted by atomic mass is 10.4. The van der Waals surface area contributed by atoms with Gasteiger partial charge in [-0.2, -0.15) is 0 Å². The van der Waals surface area contributed by atoms with Crippen LogP contribution in [-0.2, 0) is 14.3 Å². The number of nitrogens with zero attached hydrogens (tertiary/aromatic N) is 1. The van der Waals surface area contributed by atoms with Gasteiger partial charge in [-0.1, -0.05) is 0 Å². The zero-order chi connectivity index (χ0) is 10.6. The quantitative estimate of drug-likeness (QED) is 0.521. The van der Waals surface area contributed by atoms with Crippen LogP contribution in [0.4, 0.5) is 10.2 Å². The predicted octanol–water partition coefficient (Wildman–Crippen LogP) is 0.332. The van der Waals surface area contributed by atoms with Crippen LogP contribution in [-0.4, -0.2) is 24.0 Å². The number of ether oxygens (including phenoxy) is 1. The molecule has 14 heavy (non-hydrogen) atoms. The Morgan fingerprint density at radius 3 is 2.71 bits per heavy atom. The molecule has 1 heterocycles. The van der Waals surface area contributed by atoms with Crippen LogP contribution in [0, 0.1) is 5.82 Å². The van der Waals surface area contributed by atoms with Gasteiger partial charge in [0.25, 0.3) is 0 Å². The molecule has 1 N–H and O–H groups in total. The molecular weight excluding hydrogens is 191 g/mol. The van der Waals surface area contributed by atoms with Gasteiger partial charge in [0.15, 0.2) is 0 Å². The molecule has 1 rings (SSSR count). The summed E-state index contributed by atoms with van der Waals surface area (Å²) >= 11 is 0. The van der Waals surface area contributed by atoms with Crippen LogP contribution >= 0.6 is 0 Å². The van der Waals surface area contributed by atoms with E-state index in [1.807, 2.05) is 0 Å². The van der Waals surface area contributed by atoms with Crippen LogP contribution in [0.25, 0.3) is 0 Å². The standard InChI is InChI=1S/C8H7FN2O3/c1-14-8(13)7(12)11-6-3-2-5(9)4-10-6/h2-4H,1H3,(H,10,11,12). The third-order valence-corrected chi connectivity index (χ3v) is 1.34. The number of hydrogen-bond acceptors (Lipinski definition) is 4. The monoisotopic (exact) mass is 198 g/mol. The number of halogens is 1. The van der Waals surface area contributed by atoms with Gasteiger partial charge in [-0.3, -0.25) is 4.79 Å². The molecule has 0 saturated carbocycles. The van der Waals surface area contributed by atoms with Crippen molar-refractivity contribution in [2.45, 2.75) is 0 Å². The van der Waals surface area contributed by atoms with Gasteiger partial charge in [-0.15, -0.1) is 0 Å². The fourth-order valence-corrected chi connectivity index (χ4v) is 0.710. The summed E-state index contributed by atoms with van der Waals surface area (Å²) in [7, 11) is 1.08. The van der Waals surface area contributed by atoms with Crippen LogP contribution in [0.2, 0.25) is 0 Å². The smallest absolute Gasteiger partial charge is 0.396 e. The van der Waals surface area contributed by atoms with E-state index in [2.05, 4.69) is 15.0 Å². The Balaban J connectivity index is 2.65. The molecule has 0 spiro atoms. The molecule has 0 atom stereocenters. The average molecular weight is 198 g/mol. The molecule has 0 fully saturated rings. The Labute approximate surface area is 78.9 Å². The van der Waals surface area contributed by atoms with Crippen molar-refractivity contribution >= 4 is 17.7 Å². The van der Waals surface area contributed by atoms with E-state index >= 15 is 0 Å². The maximum absolute atomic E-state index is 12.4. The summed E-state index contributed by atoms with van der Waals surface area (Å²) in [5.41, 5.74) is 0. The minimum absolute atomic E-state index is 0.0850. The predicted molar refractivity (Wildman–Crippen MR) is 44.8 cm³/mol. The molecule has 5 nitrogen and oxygen atoms in total. The summed E-state index contributed by atoms with van der Waals surface area (Å²) in [4.78, 5) is 25.1. The number of rotatable bonds is 1. The SMILES string of the molecule is COC(=O)C(=O)Nc1ccc(F)cn1. The topological polar surface area (TPSA) is 68.3 Å². The Kier molecular flexibility index (Phi) is 3.11. The van der Waals surface area contributed by atoms with Gasteiger partial charge in [-0.05, 0) is 12.1 Å². The highest BCUT2D eigenvalue weighted by atomic mass is 19.1. The number of carbonyl (C=O) groups is 2. The number of amides is 1. The molecule has 6 heteroatoms. The van der Waals surface area contributed by atoms with E-state index in [1.54, 1.807) is 0 Å². The van der Waals surface area contributed by atoms with Crippen LogP contribution in [0.3, 0.4) is 0 Å². The lowest BCUT2D eigenvalue weighted by molar-refractivity contribution is -0.150. The maximum Gasteiger partial charge on any atom is 0.396 e. The molecule has 0 aliphatic rings. The highest BCUT2D eigenvalue weighted by molar-refractivity contribution is 6.37. The van der Waals surface area contributed by atoms with E-state index in [0.717, 1.165) is 19.4 Å². The van der Waals surface area contributed by atoms with Gasteiger partial charge < -0.3 is 10.1 Å². The summed E-state index contributed by atoms with van der Waals surface area (Å²) in [6, 6.07) is 2.34. The molecule has 0 radical (unpaired) electrons. The summed E-state index contributed by atoms with van der Waals surface area (Å²) in [6.45, 7) is 0. The molecule has 1 aromatic rings. The van der Waals surface area contributed by atoms with E-state index in [0.29, 0.717) is 0 Å². The molecule has 74 valence electrons. The number of pyridine rings is 1. The summed E-state index contributed by atoms with van der Waals surface area (Å²) in [5.74, 6) is -2.43. The third kappa shape index (κ3) is 2.51. The van der Waals surface area contributed by atoms with Gasteiger partial charge in [0.1, 0.15) is 11.6 Å². The van der Waals surface area contributed by atoms with Crippen molar-refractivity contribution in [1.82, 2.24) is 4.98 Å². The van der Waals surface area contributed by atoms with Crippen molar-refractivity contribution in [3.63, 3.8) is 0 Å². The minimum Gasteiger partial charge on any atom is -0.462 e. The van der Waals surface area contributed by atoms with Crippen LogP contribution < -0.4 is 5.32 Å². The molecule has 1 amide bonds. The highest BCUT2D eigenvalue weighted by Gasteiger charge is 2.13. The van der Waals surface area contributed by atoms with Crippen molar-refractivity contribution in [3.05, 3.63) is 24.1 Å². The van der Waals surface area contributed by atoms with Crippen molar-refractivity contribution in [2.75, 3.05) is 12.4 Å². The molecule has 0 unspecified atom stereocenters. The van der Waals surface area contributed by atoms with Gasteiger partial charge >= 0.3 is 11.9 Å². The summed E-state index contributed by atoms with van der Waals surface area (Å²) < 4.78 is 16.5. The van der Waals surface area contributed by atoms with Crippen molar-refractivity contribution in [2.24, 2.45) is 0 Å². The fraction of sp³-hybridized carbons (Fsp3) is 0.125. The van der Waals surface area contributed by atoms with Crippen LogP contribution in [0.5, 0.6) is 0 Å². The van der Waals surface area contributed by atoms with Gasteiger partial charge in [0, 0.05) is 0 Å². The van der Waals surface area contributed by atoms with E-state index in [4.69, 9.17) is 0 Å². The number of aromatic nitrogens is 1. The molecule has 0 bridgehead atoms. The second-order valence-electron chi connectivity index (χ2n) is 2.31. The number of carbonyl (C=O) groups excluding carboxylic acids is 2. The minimum atomic E-state index is -1.03. The van der Waals surface area contributed by atoms with Crippen LogP contribution in [0.1, 0.15) is 0 Å². The molecule has 0 aromatic carbocycles. The number of hydrogen-bond donors (Lipinski definition) is 1. The summed E-state index contributed by atoms with van der Waals surface area (Å²) in [5, 5.41) is 2.13. The van der Waals surface area contributed by atoms with E-state index in [1.165, 1.54) is 6.07 Å². The fourth-order valence-electron chi connectivity index (χ4n) is 0.710. The highest BCUT2D eigenvalue weighted by Crippen LogP contribution is 2.03. The first-order valence-corrected chi connectivity index (χ1v) is 3.64. The van der Waals surface area contributed by atoms with E-state index in [-0.39, 0.29) is 5.82 Å². The Morgan fingerprint density at radius 1 is 1.50 bits per heavy atom. The van der Waals surface area contributed by atoms with Crippen molar-refractivity contribution < 1.29 is 18.7 Å². The van der Waals surface area contributed by atoms with E-state index in [9.17, 15) is 14.0 Å². The maximum atomic E-state index is 12.4. The number of nitrogens with one attached hydrogen (secondary N) is 1. The molecule has 0 saturated heterocycles. The van der Waals surface area contributed by atoms with Crippen molar-refractivity contribution in [1.29, 1.82) is 0 Å². The number of methoxy groups -OCH3 is 1. The first-order chi connectivity index (χ1) is 6.63. The molecule has 1 aromatic heterocycles. The van der Waals surface area contributed by atoms with Gasteiger partial charge in [-0.25, -0.2) is 14.2 Å². The Hall–Kier alpha value is -1.98. The summed E-state index contributed by atoms with van der Waals surface area (Å²) in [6.07, 6.45) is 0.924. The zero-order valence-corrected chi connectivity index (χ0v) is 7.28. The Morgan fingerprint density at radius 2 is 2.21 bits per heavy atom. The van der Waals surface area contributed by atoms with E-state index < -0.39 is 17.7 Å². The zero-order valence-electron chi connectivity index (χ0n) is 7.28. The first-order valence-electron chi connectivity index (χ1n) is 3.64. The normalized spacial score (nSPS) is 9.29. The average Bonchev–Trinajstić information content (AvgIpc) is 2.20. The third-order valence-electron chi connectivity index (χ3n) is 1.34. The first kappa shape index (κ1) is 10.1. The lowest BCUT2D eigenvalue weighted by Crippen LogP contribution is -2.24. The second kappa shape index (κ2) is 4.31. The number of esters is 1. The van der Waals surface area contributed by atoms with Crippen LogP contribution in [0.15, 0.2) is 18.3 Å². The van der Waals surface area contributed by atoms with Gasteiger partial charge in [0.2, 0.25) is 0 Å². The second-order valence-corrected chi connectivity index (χ2v) is 2.31. The van der Waals surface area contributed by atoms with Gasteiger partial charge in [0.05, 0.1) is 13.3 Å². The Bertz CT molecular complexity index is 350. The molecular formula is C8H7FN2O3. The molecule has 0 aliphatic heterocycles. The molecule has 0 aliphatic carbocycles. The lowest BCUT2D eigenvalue weighted by Gasteiger charge is -2.01.